The van der Waals surface area contributed by atoms with Crippen molar-refractivity contribution in [3.8, 4) is 0 Å². The van der Waals surface area contributed by atoms with Crippen LogP contribution in [0.5, 0.6) is 0 Å². The fourth-order valence-electron chi connectivity index (χ4n) is 3.19. The van der Waals surface area contributed by atoms with Crippen LogP contribution < -0.4 is 10.9 Å². The monoisotopic (exact) mass is 357 g/mol. The number of nitrogens with one attached hydrogen (secondary N) is 1. The number of furan rings is 1. The second-order valence-corrected chi connectivity index (χ2v) is 6.54. The summed E-state index contributed by atoms with van der Waals surface area (Å²) in [5, 5.41) is 4.62. The Morgan fingerprint density at radius 3 is 2.65 bits per heavy atom. The lowest BCUT2D eigenvalue weighted by Crippen LogP contribution is -2.29. The van der Waals surface area contributed by atoms with Crippen LogP contribution in [0.2, 0.25) is 0 Å². The zero-order valence-electron chi connectivity index (χ0n) is 15.5. The van der Waals surface area contributed by atoms with Gasteiger partial charge in [-0.2, -0.15) is 0 Å². The van der Waals surface area contributed by atoms with Crippen molar-refractivity contribution in [3.05, 3.63) is 45.0 Å². The van der Waals surface area contributed by atoms with Gasteiger partial charge < -0.3 is 18.9 Å². The molecular weight excluding hydrogens is 334 g/mol. The number of carbonyl (C=O) groups excluding carboxylic acids is 1. The summed E-state index contributed by atoms with van der Waals surface area (Å²) in [7, 11) is 1.62. The van der Waals surface area contributed by atoms with E-state index in [1.807, 2.05) is 26.8 Å². The van der Waals surface area contributed by atoms with Crippen molar-refractivity contribution >= 4 is 27.8 Å². The Kier molecular flexibility index (Phi) is 5.13. The van der Waals surface area contributed by atoms with Gasteiger partial charge in [-0.05, 0) is 44.4 Å². The van der Waals surface area contributed by atoms with Gasteiger partial charge >= 0.3 is 5.63 Å². The van der Waals surface area contributed by atoms with Crippen molar-refractivity contribution in [1.82, 2.24) is 5.32 Å². The highest BCUT2D eigenvalue weighted by atomic mass is 16.5. The maximum absolute atomic E-state index is 12.5. The van der Waals surface area contributed by atoms with Crippen LogP contribution in [0, 0.1) is 20.8 Å². The Bertz CT molecular complexity index is 1030. The fraction of sp³-hybridized carbons (Fsp3) is 0.400. The van der Waals surface area contributed by atoms with Gasteiger partial charge in [0.2, 0.25) is 5.91 Å². The largest absolute Gasteiger partial charge is 0.464 e. The zero-order valence-corrected chi connectivity index (χ0v) is 15.5. The Hall–Kier alpha value is -2.60. The van der Waals surface area contributed by atoms with Crippen LogP contribution in [0.15, 0.2) is 26.0 Å². The third-order valence-corrected chi connectivity index (χ3v) is 4.72. The molecule has 0 spiro atoms. The number of ether oxygens (including phenoxy) is 1. The van der Waals surface area contributed by atoms with Crippen molar-refractivity contribution in [3.63, 3.8) is 0 Å². The number of amides is 1. The highest BCUT2D eigenvalue weighted by molar-refractivity contribution is 6.00. The highest BCUT2D eigenvalue weighted by Gasteiger charge is 2.18. The molecule has 0 bridgehead atoms. The topological polar surface area (TPSA) is 81.7 Å². The molecule has 3 aromatic rings. The van der Waals surface area contributed by atoms with Crippen molar-refractivity contribution in [1.29, 1.82) is 0 Å². The standard InChI is InChI=1S/C20H23NO5/c1-11-10-25-18-13(3)19-15(8-14(11)18)12(2)16(20(23)26-19)9-17(22)21-6-5-7-24-4/h8,10H,5-7,9H2,1-4H3,(H,21,22). The van der Waals surface area contributed by atoms with Gasteiger partial charge in [-0.3, -0.25) is 4.79 Å². The third-order valence-electron chi connectivity index (χ3n) is 4.72. The third kappa shape index (κ3) is 3.24. The molecule has 0 unspecified atom stereocenters. The number of hydrogen-bond acceptors (Lipinski definition) is 5. The van der Waals surface area contributed by atoms with E-state index in [9.17, 15) is 9.59 Å². The predicted molar refractivity (Wildman–Crippen MR) is 99.7 cm³/mol. The molecule has 0 fully saturated rings. The number of hydrogen-bond donors (Lipinski definition) is 1. The molecule has 0 aliphatic carbocycles. The fourth-order valence-corrected chi connectivity index (χ4v) is 3.19. The molecule has 3 rings (SSSR count). The molecule has 0 aliphatic heterocycles. The zero-order chi connectivity index (χ0) is 18.8. The molecule has 0 radical (unpaired) electrons. The summed E-state index contributed by atoms with van der Waals surface area (Å²) < 4.78 is 16.1. The van der Waals surface area contributed by atoms with Crippen LogP contribution in [0.1, 0.15) is 28.7 Å². The number of benzene rings is 1. The lowest BCUT2D eigenvalue weighted by molar-refractivity contribution is -0.120. The van der Waals surface area contributed by atoms with E-state index in [1.165, 1.54) is 0 Å². The van der Waals surface area contributed by atoms with Gasteiger partial charge in [0, 0.05) is 36.6 Å². The predicted octanol–water partition coefficient (Wildman–Crippen LogP) is 3.16. The van der Waals surface area contributed by atoms with E-state index in [2.05, 4.69) is 5.32 Å². The lowest BCUT2D eigenvalue weighted by atomic mass is 9.99. The first-order valence-corrected chi connectivity index (χ1v) is 8.63. The van der Waals surface area contributed by atoms with E-state index in [4.69, 9.17) is 13.6 Å². The second-order valence-electron chi connectivity index (χ2n) is 6.54. The van der Waals surface area contributed by atoms with Crippen LogP contribution in [0.25, 0.3) is 21.9 Å². The Balaban J connectivity index is 1.99. The molecule has 1 amide bonds. The summed E-state index contributed by atoms with van der Waals surface area (Å²) >= 11 is 0. The summed E-state index contributed by atoms with van der Waals surface area (Å²) in [5.41, 5.74) is 3.73. The summed E-state index contributed by atoms with van der Waals surface area (Å²) in [6, 6.07) is 1.97. The molecule has 0 atom stereocenters. The van der Waals surface area contributed by atoms with Gasteiger partial charge in [0.15, 0.2) is 0 Å². The van der Waals surface area contributed by atoms with Gasteiger partial charge in [0.25, 0.3) is 0 Å². The Morgan fingerprint density at radius 2 is 1.92 bits per heavy atom. The van der Waals surface area contributed by atoms with E-state index in [0.29, 0.717) is 24.3 Å². The first-order chi connectivity index (χ1) is 12.4. The molecule has 1 N–H and O–H groups in total. The molecule has 26 heavy (non-hydrogen) atoms. The van der Waals surface area contributed by atoms with Crippen LogP contribution in [-0.4, -0.2) is 26.2 Å². The number of fused-ring (bicyclic) bond motifs is 2. The summed E-state index contributed by atoms with van der Waals surface area (Å²) in [4.78, 5) is 24.6. The average Bonchev–Trinajstić information content (AvgIpc) is 2.98. The molecular formula is C20H23NO5. The first kappa shape index (κ1) is 18.2. The highest BCUT2D eigenvalue weighted by Crippen LogP contribution is 2.32. The summed E-state index contributed by atoms with van der Waals surface area (Å²) in [5.74, 6) is -0.201. The van der Waals surface area contributed by atoms with Crippen LogP contribution in [0.3, 0.4) is 0 Å². The van der Waals surface area contributed by atoms with E-state index in [1.54, 1.807) is 13.4 Å². The average molecular weight is 357 g/mol. The minimum atomic E-state index is -0.479. The van der Waals surface area contributed by atoms with Gasteiger partial charge in [-0.1, -0.05) is 0 Å². The van der Waals surface area contributed by atoms with Crippen molar-refractivity contribution in [2.75, 3.05) is 20.3 Å². The van der Waals surface area contributed by atoms with Gasteiger partial charge in [-0.25, -0.2) is 4.79 Å². The molecule has 138 valence electrons. The lowest BCUT2D eigenvalue weighted by Gasteiger charge is -2.10. The van der Waals surface area contributed by atoms with Crippen LogP contribution >= 0.6 is 0 Å². The number of methoxy groups -OCH3 is 1. The number of rotatable bonds is 6. The van der Waals surface area contributed by atoms with Crippen molar-refractivity contribution < 1.29 is 18.4 Å². The maximum atomic E-state index is 12.5. The SMILES string of the molecule is COCCCNC(=O)Cc1c(C)c2cc3c(C)coc3c(C)c2oc1=O. The van der Waals surface area contributed by atoms with Gasteiger partial charge in [-0.15, -0.1) is 0 Å². The van der Waals surface area contributed by atoms with Gasteiger partial charge in [0.05, 0.1) is 18.2 Å². The maximum Gasteiger partial charge on any atom is 0.340 e. The molecule has 6 heteroatoms. The van der Waals surface area contributed by atoms with Crippen LogP contribution in [-0.2, 0) is 16.0 Å². The van der Waals surface area contributed by atoms with E-state index in [0.717, 1.165) is 39.5 Å². The second kappa shape index (κ2) is 7.33. The van der Waals surface area contributed by atoms with E-state index < -0.39 is 5.63 Å². The smallest absolute Gasteiger partial charge is 0.340 e. The number of carbonyl (C=O) groups is 1. The van der Waals surface area contributed by atoms with Crippen molar-refractivity contribution in [2.45, 2.75) is 33.6 Å². The molecule has 0 aliphatic rings. The molecule has 0 saturated carbocycles. The van der Waals surface area contributed by atoms with E-state index in [-0.39, 0.29) is 12.3 Å². The number of aryl methyl sites for hydroxylation is 3. The molecule has 2 heterocycles. The minimum Gasteiger partial charge on any atom is -0.464 e. The molecule has 0 saturated heterocycles. The van der Waals surface area contributed by atoms with Crippen molar-refractivity contribution in [2.24, 2.45) is 0 Å². The molecule has 6 nitrogen and oxygen atoms in total. The van der Waals surface area contributed by atoms with Gasteiger partial charge in [0.1, 0.15) is 11.2 Å². The minimum absolute atomic E-state index is 0.00145. The summed E-state index contributed by atoms with van der Waals surface area (Å²) in [6.45, 7) is 6.79. The molecule has 1 aromatic carbocycles. The Labute approximate surface area is 151 Å². The molecule has 2 aromatic heterocycles. The Morgan fingerprint density at radius 1 is 1.15 bits per heavy atom. The quantitative estimate of drug-likeness (QED) is 0.541. The van der Waals surface area contributed by atoms with Crippen LogP contribution in [0.4, 0.5) is 0 Å². The first-order valence-electron chi connectivity index (χ1n) is 8.63. The normalized spacial score (nSPS) is 11.4. The summed E-state index contributed by atoms with van der Waals surface area (Å²) in [6.07, 6.45) is 2.42. The van der Waals surface area contributed by atoms with E-state index >= 15 is 0 Å².